The number of aromatic hydroxyl groups is 1. The van der Waals surface area contributed by atoms with Crippen LogP contribution in [0.2, 0.25) is 0 Å². The van der Waals surface area contributed by atoms with Gasteiger partial charge in [0.05, 0.1) is 6.54 Å². The van der Waals surface area contributed by atoms with Crippen molar-refractivity contribution in [1.29, 1.82) is 0 Å². The molecule has 2 rings (SSSR count). The quantitative estimate of drug-likeness (QED) is 0.563. The Morgan fingerprint density at radius 3 is 2.50 bits per heavy atom. The van der Waals surface area contributed by atoms with Crippen molar-refractivity contribution < 1.29 is 9.50 Å². The van der Waals surface area contributed by atoms with Gasteiger partial charge in [0, 0.05) is 13.1 Å². The molecule has 0 unspecified atom stereocenters. The number of phenolic OH excluding ortho intramolecular Hbond substituents is 1. The van der Waals surface area contributed by atoms with Crippen molar-refractivity contribution in [3.8, 4) is 5.75 Å². The van der Waals surface area contributed by atoms with E-state index < -0.39 is 5.82 Å². The zero-order valence-corrected chi connectivity index (χ0v) is 14.1. The summed E-state index contributed by atoms with van der Waals surface area (Å²) >= 11 is 0. The second-order valence-corrected chi connectivity index (χ2v) is 5.46. The van der Waals surface area contributed by atoms with Gasteiger partial charge in [0.15, 0.2) is 17.5 Å². The fourth-order valence-corrected chi connectivity index (χ4v) is 2.41. The lowest BCUT2D eigenvalue weighted by Crippen LogP contribution is -2.37. The van der Waals surface area contributed by atoms with E-state index in [2.05, 4.69) is 34.7 Å². The second kappa shape index (κ2) is 8.91. The minimum Gasteiger partial charge on any atom is -0.505 e. The first kappa shape index (κ1) is 17.8. The molecule has 128 valence electrons. The third kappa shape index (κ3) is 4.98. The van der Waals surface area contributed by atoms with E-state index in [1.807, 2.05) is 19.1 Å². The van der Waals surface area contributed by atoms with Gasteiger partial charge in [-0.1, -0.05) is 37.3 Å². The number of hydrogen-bond donors (Lipinski definition) is 3. The molecule has 0 amide bonds. The molecule has 5 heteroatoms. The first-order valence-corrected chi connectivity index (χ1v) is 8.20. The van der Waals surface area contributed by atoms with Crippen molar-refractivity contribution in [2.45, 2.75) is 33.4 Å². The number of rotatable bonds is 6. The van der Waals surface area contributed by atoms with Crippen LogP contribution in [0.3, 0.4) is 0 Å². The van der Waals surface area contributed by atoms with Crippen molar-refractivity contribution in [2.75, 3.05) is 6.54 Å². The zero-order valence-electron chi connectivity index (χ0n) is 14.1. The summed E-state index contributed by atoms with van der Waals surface area (Å²) in [5.41, 5.74) is 3.25. The molecule has 4 nitrogen and oxygen atoms in total. The smallest absolute Gasteiger partial charge is 0.191 e. The van der Waals surface area contributed by atoms with Crippen LogP contribution in [0, 0.1) is 5.82 Å². The van der Waals surface area contributed by atoms with Crippen molar-refractivity contribution >= 4 is 5.96 Å². The van der Waals surface area contributed by atoms with Crippen LogP contribution < -0.4 is 10.6 Å². The van der Waals surface area contributed by atoms with E-state index in [1.165, 1.54) is 23.3 Å². The topological polar surface area (TPSA) is 56.7 Å². The highest BCUT2D eigenvalue weighted by atomic mass is 19.1. The maximum atomic E-state index is 13.4. The molecule has 0 aliphatic carbocycles. The number of hydrogen-bond acceptors (Lipinski definition) is 2. The molecule has 0 aromatic heterocycles. The fraction of sp³-hybridized carbons (Fsp3) is 0.316. The van der Waals surface area contributed by atoms with Crippen LogP contribution in [-0.2, 0) is 19.5 Å². The van der Waals surface area contributed by atoms with E-state index in [0.717, 1.165) is 13.0 Å². The lowest BCUT2D eigenvalue weighted by Gasteiger charge is -2.13. The summed E-state index contributed by atoms with van der Waals surface area (Å²) in [6, 6.07) is 12.6. The number of aliphatic imine (C=N–C) groups is 1. The van der Waals surface area contributed by atoms with Gasteiger partial charge in [-0.25, -0.2) is 9.38 Å². The van der Waals surface area contributed by atoms with Crippen LogP contribution in [0.4, 0.5) is 4.39 Å². The molecule has 0 atom stereocenters. The molecule has 0 spiro atoms. The molecular weight excluding hydrogens is 305 g/mol. The lowest BCUT2D eigenvalue weighted by molar-refractivity contribution is 0.432. The van der Waals surface area contributed by atoms with Crippen LogP contribution in [-0.4, -0.2) is 17.6 Å². The normalized spacial score (nSPS) is 11.4. The number of phenols is 1. The SMILES string of the molecule is CCNC(=NCc1ccc(O)c(F)c1)NCc1ccccc1CC. The Morgan fingerprint density at radius 1 is 1.08 bits per heavy atom. The Balaban J connectivity index is 2.03. The van der Waals surface area contributed by atoms with Crippen molar-refractivity contribution in [2.24, 2.45) is 4.99 Å². The molecule has 2 aromatic carbocycles. The molecule has 0 aliphatic rings. The Hall–Kier alpha value is -2.56. The third-order valence-corrected chi connectivity index (χ3v) is 3.72. The van der Waals surface area contributed by atoms with Gasteiger partial charge in [-0.15, -0.1) is 0 Å². The predicted octanol–water partition coefficient (Wildman–Crippen LogP) is 3.35. The summed E-state index contributed by atoms with van der Waals surface area (Å²) in [6.07, 6.45) is 0.984. The molecule has 2 aromatic rings. The van der Waals surface area contributed by atoms with E-state index in [1.54, 1.807) is 6.07 Å². The van der Waals surface area contributed by atoms with Gasteiger partial charge < -0.3 is 15.7 Å². The Morgan fingerprint density at radius 2 is 1.83 bits per heavy atom. The summed E-state index contributed by atoms with van der Waals surface area (Å²) in [5, 5.41) is 15.7. The Labute approximate surface area is 142 Å². The molecule has 0 heterocycles. The standard InChI is InChI=1S/C19H24FN3O/c1-3-15-7-5-6-8-16(15)13-23-19(21-4-2)22-12-14-9-10-18(24)17(20)11-14/h5-11,24H,3-4,12-13H2,1-2H3,(H2,21,22,23). The van der Waals surface area contributed by atoms with E-state index in [-0.39, 0.29) is 5.75 Å². The van der Waals surface area contributed by atoms with Gasteiger partial charge in [0.2, 0.25) is 0 Å². The molecule has 3 N–H and O–H groups in total. The molecule has 0 saturated carbocycles. The molecule has 0 saturated heterocycles. The van der Waals surface area contributed by atoms with Crippen LogP contribution in [0.1, 0.15) is 30.5 Å². The van der Waals surface area contributed by atoms with E-state index in [4.69, 9.17) is 0 Å². The number of aryl methyl sites for hydroxylation is 1. The average molecular weight is 329 g/mol. The molecule has 0 radical (unpaired) electrons. The summed E-state index contributed by atoms with van der Waals surface area (Å²) in [7, 11) is 0. The van der Waals surface area contributed by atoms with E-state index in [9.17, 15) is 9.50 Å². The number of halogens is 1. The van der Waals surface area contributed by atoms with E-state index in [0.29, 0.717) is 24.6 Å². The zero-order chi connectivity index (χ0) is 17.4. The van der Waals surface area contributed by atoms with E-state index >= 15 is 0 Å². The Bertz CT molecular complexity index is 701. The second-order valence-electron chi connectivity index (χ2n) is 5.46. The first-order chi connectivity index (χ1) is 11.6. The minimum atomic E-state index is -0.627. The highest BCUT2D eigenvalue weighted by Gasteiger charge is 2.04. The highest BCUT2D eigenvalue weighted by Crippen LogP contribution is 2.16. The molecule has 24 heavy (non-hydrogen) atoms. The summed E-state index contributed by atoms with van der Waals surface area (Å²) < 4.78 is 13.4. The van der Waals surface area contributed by atoms with Crippen LogP contribution in [0.25, 0.3) is 0 Å². The molecular formula is C19H24FN3O. The van der Waals surface area contributed by atoms with Gasteiger partial charge in [0.25, 0.3) is 0 Å². The van der Waals surface area contributed by atoms with Gasteiger partial charge >= 0.3 is 0 Å². The Kier molecular flexibility index (Phi) is 6.61. The first-order valence-electron chi connectivity index (χ1n) is 8.20. The number of guanidine groups is 1. The highest BCUT2D eigenvalue weighted by molar-refractivity contribution is 5.79. The predicted molar refractivity (Wildman–Crippen MR) is 95.5 cm³/mol. The minimum absolute atomic E-state index is 0.335. The molecule has 0 bridgehead atoms. The molecule has 0 aliphatic heterocycles. The molecule has 0 fully saturated rings. The van der Waals surface area contributed by atoms with Crippen molar-refractivity contribution in [1.82, 2.24) is 10.6 Å². The van der Waals surface area contributed by atoms with Gasteiger partial charge in [0.1, 0.15) is 0 Å². The summed E-state index contributed by atoms with van der Waals surface area (Å²) in [4.78, 5) is 4.47. The third-order valence-electron chi connectivity index (χ3n) is 3.72. The maximum Gasteiger partial charge on any atom is 0.191 e. The van der Waals surface area contributed by atoms with Crippen molar-refractivity contribution in [3.05, 3.63) is 65.0 Å². The van der Waals surface area contributed by atoms with Crippen molar-refractivity contribution in [3.63, 3.8) is 0 Å². The van der Waals surface area contributed by atoms with Crippen LogP contribution >= 0.6 is 0 Å². The maximum absolute atomic E-state index is 13.4. The van der Waals surface area contributed by atoms with Gasteiger partial charge in [-0.2, -0.15) is 0 Å². The number of nitrogens with one attached hydrogen (secondary N) is 2. The van der Waals surface area contributed by atoms with Crippen LogP contribution in [0.5, 0.6) is 5.75 Å². The largest absolute Gasteiger partial charge is 0.505 e. The fourth-order valence-electron chi connectivity index (χ4n) is 2.41. The number of nitrogens with zero attached hydrogens (tertiary/aromatic N) is 1. The average Bonchev–Trinajstić information content (AvgIpc) is 2.60. The summed E-state index contributed by atoms with van der Waals surface area (Å²) in [6.45, 7) is 5.89. The monoisotopic (exact) mass is 329 g/mol. The van der Waals surface area contributed by atoms with Gasteiger partial charge in [-0.05, 0) is 42.2 Å². The van der Waals surface area contributed by atoms with Crippen LogP contribution in [0.15, 0.2) is 47.5 Å². The number of benzene rings is 2. The van der Waals surface area contributed by atoms with Gasteiger partial charge in [-0.3, -0.25) is 0 Å². The summed E-state index contributed by atoms with van der Waals surface area (Å²) in [5.74, 6) is -0.293. The lowest BCUT2D eigenvalue weighted by atomic mass is 10.1.